The van der Waals surface area contributed by atoms with Gasteiger partial charge in [-0.15, -0.1) is 0 Å². The summed E-state index contributed by atoms with van der Waals surface area (Å²) in [7, 11) is 0. The lowest BCUT2D eigenvalue weighted by atomic mass is 10.0. The van der Waals surface area contributed by atoms with Gasteiger partial charge in [-0.2, -0.15) is 0 Å². The molecular formula is C24H19F3N2O2. The zero-order valence-corrected chi connectivity index (χ0v) is 16.5. The molecule has 0 N–H and O–H groups in total. The highest BCUT2D eigenvalue weighted by molar-refractivity contribution is 6.01. The molecule has 0 aromatic heterocycles. The molecule has 0 unspecified atom stereocenters. The average Bonchev–Trinajstić information content (AvgIpc) is 3.23. The van der Waals surface area contributed by atoms with Crippen molar-refractivity contribution in [2.24, 2.45) is 5.16 Å². The van der Waals surface area contributed by atoms with E-state index in [1.54, 1.807) is 30.3 Å². The monoisotopic (exact) mass is 424 g/mol. The van der Waals surface area contributed by atoms with Crippen molar-refractivity contribution < 1.29 is 22.8 Å². The molecule has 0 saturated carbocycles. The van der Waals surface area contributed by atoms with Crippen LogP contribution in [-0.2, 0) is 11.4 Å². The number of hydrogen-bond donors (Lipinski definition) is 0. The Bertz CT molecular complexity index is 1120. The van der Waals surface area contributed by atoms with Crippen molar-refractivity contribution in [3.63, 3.8) is 0 Å². The van der Waals surface area contributed by atoms with Gasteiger partial charge in [0.15, 0.2) is 6.10 Å². The van der Waals surface area contributed by atoms with E-state index >= 15 is 0 Å². The summed E-state index contributed by atoms with van der Waals surface area (Å²) in [5.74, 6) is -1.76. The van der Waals surface area contributed by atoms with Gasteiger partial charge >= 0.3 is 0 Å². The molecule has 3 aromatic rings. The topological polar surface area (TPSA) is 41.9 Å². The SMILES string of the molecule is O=C(c1cccc(F)c1)N(Cc1ccccc1F)C[C@@H]1CC(c2ccc(F)cc2)=NO1. The minimum Gasteiger partial charge on any atom is -0.390 e. The van der Waals surface area contributed by atoms with Crippen molar-refractivity contribution in [2.75, 3.05) is 6.54 Å². The highest BCUT2D eigenvalue weighted by Crippen LogP contribution is 2.21. The van der Waals surface area contributed by atoms with Gasteiger partial charge < -0.3 is 9.74 Å². The van der Waals surface area contributed by atoms with E-state index in [4.69, 9.17) is 4.84 Å². The maximum Gasteiger partial charge on any atom is 0.254 e. The Hall–Kier alpha value is -3.61. The summed E-state index contributed by atoms with van der Waals surface area (Å²) in [6.45, 7) is 0.117. The van der Waals surface area contributed by atoms with Gasteiger partial charge in [0.1, 0.15) is 17.5 Å². The molecule has 0 radical (unpaired) electrons. The molecule has 1 amide bonds. The number of carbonyl (C=O) groups is 1. The zero-order chi connectivity index (χ0) is 21.8. The van der Waals surface area contributed by atoms with Crippen LogP contribution in [0.25, 0.3) is 0 Å². The number of nitrogens with zero attached hydrogens (tertiary/aromatic N) is 2. The van der Waals surface area contributed by atoms with Crippen LogP contribution in [0.1, 0.15) is 27.9 Å². The first-order chi connectivity index (χ1) is 15.0. The Labute approximate surface area is 177 Å². The summed E-state index contributed by atoms with van der Waals surface area (Å²) in [5.41, 5.74) is 1.86. The maximum atomic E-state index is 14.2. The van der Waals surface area contributed by atoms with Gasteiger partial charge in [-0.3, -0.25) is 4.79 Å². The second-order valence-electron chi connectivity index (χ2n) is 7.26. The first kappa shape index (κ1) is 20.7. The number of oxime groups is 1. The molecular weight excluding hydrogens is 405 g/mol. The minimum absolute atomic E-state index is 0.00619. The standard InChI is InChI=1S/C24H19F3N2O2/c25-19-10-8-16(9-11-19)23-13-21(31-28-23)15-29(14-18-4-1-2-7-22(18)27)24(30)17-5-3-6-20(26)12-17/h1-12,21H,13-15H2/t21-/m0/s1. The van der Waals surface area contributed by atoms with Crippen LogP contribution < -0.4 is 0 Å². The average molecular weight is 424 g/mol. The highest BCUT2D eigenvalue weighted by atomic mass is 19.1. The third-order valence-electron chi connectivity index (χ3n) is 5.01. The molecule has 1 heterocycles. The molecule has 4 rings (SSSR count). The third kappa shape index (κ3) is 4.94. The molecule has 31 heavy (non-hydrogen) atoms. The Kier molecular flexibility index (Phi) is 6.02. The predicted octanol–water partition coefficient (Wildman–Crippen LogP) is 4.94. The van der Waals surface area contributed by atoms with E-state index in [0.29, 0.717) is 17.7 Å². The van der Waals surface area contributed by atoms with Gasteiger partial charge in [-0.1, -0.05) is 41.6 Å². The molecule has 4 nitrogen and oxygen atoms in total. The first-order valence-corrected chi connectivity index (χ1v) is 9.76. The lowest BCUT2D eigenvalue weighted by molar-refractivity contribution is 0.0402. The normalized spacial score (nSPS) is 15.3. The molecule has 1 aliphatic heterocycles. The predicted molar refractivity (Wildman–Crippen MR) is 110 cm³/mol. The molecule has 0 bridgehead atoms. The summed E-state index contributed by atoms with van der Waals surface area (Å²) >= 11 is 0. The van der Waals surface area contributed by atoms with Gasteiger partial charge in [0.05, 0.1) is 12.3 Å². The number of benzene rings is 3. The summed E-state index contributed by atoms with van der Waals surface area (Å²) in [4.78, 5) is 20.0. The molecule has 0 spiro atoms. The molecule has 7 heteroatoms. The summed E-state index contributed by atoms with van der Waals surface area (Å²) in [6, 6.07) is 17.4. The lowest BCUT2D eigenvalue weighted by Crippen LogP contribution is -2.37. The second-order valence-corrected chi connectivity index (χ2v) is 7.26. The molecule has 1 aliphatic rings. The van der Waals surface area contributed by atoms with E-state index in [1.807, 2.05) is 0 Å². The van der Waals surface area contributed by atoms with Gasteiger partial charge in [0, 0.05) is 24.1 Å². The molecule has 0 saturated heterocycles. The third-order valence-corrected chi connectivity index (χ3v) is 5.01. The van der Waals surface area contributed by atoms with Crippen LogP contribution in [0, 0.1) is 17.5 Å². The van der Waals surface area contributed by atoms with Gasteiger partial charge in [0.25, 0.3) is 5.91 Å². The molecule has 1 atom stereocenters. The van der Waals surface area contributed by atoms with Crippen LogP contribution in [0.2, 0.25) is 0 Å². The highest BCUT2D eigenvalue weighted by Gasteiger charge is 2.28. The molecule has 158 valence electrons. The van der Waals surface area contributed by atoms with Gasteiger partial charge in [-0.25, -0.2) is 13.2 Å². The first-order valence-electron chi connectivity index (χ1n) is 9.76. The van der Waals surface area contributed by atoms with Gasteiger partial charge in [0.2, 0.25) is 0 Å². The van der Waals surface area contributed by atoms with Crippen molar-refractivity contribution in [1.29, 1.82) is 0 Å². The number of carbonyl (C=O) groups excluding carboxylic acids is 1. The quantitative estimate of drug-likeness (QED) is 0.563. The van der Waals surface area contributed by atoms with Crippen LogP contribution in [0.15, 0.2) is 78.0 Å². The van der Waals surface area contributed by atoms with Gasteiger partial charge in [-0.05, 0) is 42.0 Å². The van der Waals surface area contributed by atoms with Crippen molar-refractivity contribution in [3.05, 3.63) is 107 Å². The molecule has 0 fully saturated rings. The van der Waals surface area contributed by atoms with Crippen molar-refractivity contribution in [3.8, 4) is 0 Å². The number of hydrogen-bond acceptors (Lipinski definition) is 3. The smallest absolute Gasteiger partial charge is 0.254 e. The lowest BCUT2D eigenvalue weighted by Gasteiger charge is -2.25. The van der Waals surface area contributed by atoms with E-state index in [2.05, 4.69) is 5.16 Å². The fraction of sp³-hybridized carbons (Fsp3) is 0.167. The van der Waals surface area contributed by atoms with Crippen molar-refractivity contribution in [1.82, 2.24) is 4.90 Å². The fourth-order valence-electron chi connectivity index (χ4n) is 3.44. The molecule has 3 aromatic carbocycles. The molecule has 0 aliphatic carbocycles. The Morgan fingerprint density at radius 1 is 0.968 bits per heavy atom. The summed E-state index contributed by atoms with van der Waals surface area (Å²) in [5, 5.41) is 4.06. The minimum atomic E-state index is -0.532. The zero-order valence-electron chi connectivity index (χ0n) is 16.5. The van der Waals surface area contributed by atoms with E-state index in [-0.39, 0.29) is 24.5 Å². The Balaban J connectivity index is 1.53. The van der Waals surface area contributed by atoms with Crippen molar-refractivity contribution in [2.45, 2.75) is 19.1 Å². The summed E-state index contributed by atoms with van der Waals surface area (Å²) in [6.07, 6.45) is -0.0696. The second kappa shape index (κ2) is 9.04. The van der Waals surface area contributed by atoms with E-state index in [9.17, 15) is 18.0 Å². The Morgan fingerprint density at radius 3 is 2.48 bits per heavy atom. The number of amides is 1. The fourth-order valence-corrected chi connectivity index (χ4v) is 3.44. The van der Waals surface area contributed by atoms with Crippen molar-refractivity contribution >= 4 is 11.6 Å². The van der Waals surface area contributed by atoms with Crippen LogP contribution in [0.3, 0.4) is 0 Å². The summed E-state index contributed by atoms with van der Waals surface area (Å²) < 4.78 is 41.0. The van der Waals surface area contributed by atoms with E-state index in [0.717, 1.165) is 11.6 Å². The van der Waals surface area contributed by atoms with Crippen LogP contribution >= 0.6 is 0 Å². The number of rotatable bonds is 6. The Morgan fingerprint density at radius 2 is 1.74 bits per heavy atom. The maximum absolute atomic E-state index is 14.2. The van der Waals surface area contributed by atoms with Crippen LogP contribution in [0.4, 0.5) is 13.2 Å². The van der Waals surface area contributed by atoms with Crippen LogP contribution in [-0.4, -0.2) is 29.2 Å². The van der Waals surface area contributed by atoms with E-state index in [1.165, 1.54) is 41.3 Å². The number of halogens is 3. The van der Waals surface area contributed by atoms with Crippen LogP contribution in [0.5, 0.6) is 0 Å². The largest absolute Gasteiger partial charge is 0.390 e. The van der Waals surface area contributed by atoms with E-state index < -0.39 is 23.6 Å².